The van der Waals surface area contributed by atoms with Crippen LogP contribution in [0.2, 0.25) is 0 Å². The van der Waals surface area contributed by atoms with Gasteiger partial charge in [-0.25, -0.2) is 13.4 Å². The highest BCUT2D eigenvalue weighted by Crippen LogP contribution is 2.39. The minimum absolute atomic E-state index is 0.436. The molecule has 134 valence electrons. The van der Waals surface area contributed by atoms with Gasteiger partial charge in [-0.1, -0.05) is 26.7 Å². The maximum atomic E-state index is 14.7. The van der Waals surface area contributed by atoms with Crippen LogP contribution in [-0.2, 0) is 27.8 Å². The fraction of sp³-hybridized carbons (Fsp3) is 0.562. The fourth-order valence-corrected chi connectivity index (χ4v) is 4.05. The molecule has 1 saturated heterocycles. The number of anilines is 1. The lowest BCUT2D eigenvalue weighted by molar-refractivity contribution is -0.117. The van der Waals surface area contributed by atoms with E-state index in [2.05, 4.69) is 13.8 Å². The number of nitrogens with one attached hydrogen (secondary N) is 1. The first kappa shape index (κ1) is 18.5. The van der Waals surface area contributed by atoms with Crippen molar-refractivity contribution in [3.05, 3.63) is 23.0 Å². The highest BCUT2D eigenvalue weighted by atomic mass is 32.2. The van der Waals surface area contributed by atoms with Crippen LogP contribution in [0.15, 0.2) is 6.07 Å². The van der Waals surface area contributed by atoms with Gasteiger partial charge in [-0.3, -0.25) is 4.79 Å². The summed E-state index contributed by atoms with van der Waals surface area (Å²) < 4.78 is 40.7. The fourth-order valence-electron chi connectivity index (χ4n) is 2.89. The van der Waals surface area contributed by atoms with E-state index in [4.69, 9.17) is 0 Å². The number of hydrogen-bond acceptors (Lipinski definition) is 4. The molecule has 1 fully saturated rings. The van der Waals surface area contributed by atoms with Crippen LogP contribution < -0.4 is 9.03 Å². The maximum Gasteiger partial charge on any atom is 0.326 e. The van der Waals surface area contributed by atoms with E-state index >= 15 is 0 Å². The summed E-state index contributed by atoms with van der Waals surface area (Å²) in [6, 6.07) is 1.41. The van der Waals surface area contributed by atoms with Gasteiger partial charge in [0, 0.05) is 0 Å². The molecule has 6 nitrogen and oxygen atoms in total. The van der Waals surface area contributed by atoms with Crippen LogP contribution in [0.25, 0.3) is 0 Å². The standard InChI is InChI=1S/C13H15FN2O4S.C3H8/c14-12-9-5-3-1-2-4-8(9)6-10(17)13(12)16-7-11(18)15-21(16,19)20;1-3-2/h6,17H,1-5,7H2,(H,15,18);3H2,1-2H3. The molecule has 24 heavy (non-hydrogen) atoms. The Kier molecular flexibility index (Phi) is 5.69. The number of rotatable bonds is 1. The van der Waals surface area contributed by atoms with Gasteiger partial charge in [0.2, 0.25) is 0 Å². The minimum atomic E-state index is -4.14. The molecule has 1 aliphatic heterocycles. The Morgan fingerprint density at radius 1 is 1.25 bits per heavy atom. The summed E-state index contributed by atoms with van der Waals surface area (Å²) >= 11 is 0. The topological polar surface area (TPSA) is 86.7 Å². The van der Waals surface area contributed by atoms with E-state index < -0.39 is 39.9 Å². The summed E-state index contributed by atoms with van der Waals surface area (Å²) in [4.78, 5) is 11.3. The molecular weight excluding hydrogens is 335 g/mol. The number of hydrogen-bond donors (Lipinski definition) is 2. The van der Waals surface area contributed by atoms with Crippen LogP contribution >= 0.6 is 0 Å². The second-order valence-electron chi connectivity index (χ2n) is 6.00. The lowest BCUT2D eigenvalue weighted by atomic mass is 10.0. The Balaban J connectivity index is 0.000000647. The normalized spacial score (nSPS) is 19.0. The molecule has 8 heteroatoms. The van der Waals surface area contributed by atoms with Crippen molar-refractivity contribution in [1.29, 1.82) is 0 Å². The molecular formula is C16H23FN2O4S. The summed E-state index contributed by atoms with van der Waals surface area (Å²) in [6.45, 7) is 3.73. The van der Waals surface area contributed by atoms with Gasteiger partial charge >= 0.3 is 10.2 Å². The number of halogens is 1. The van der Waals surface area contributed by atoms with Crippen molar-refractivity contribution < 1.29 is 22.7 Å². The Morgan fingerprint density at radius 2 is 1.88 bits per heavy atom. The average Bonchev–Trinajstić information content (AvgIpc) is 2.65. The van der Waals surface area contributed by atoms with Crippen molar-refractivity contribution in [2.24, 2.45) is 0 Å². The first-order valence-electron chi connectivity index (χ1n) is 8.18. The Labute approximate surface area is 141 Å². The largest absolute Gasteiger partial charge is 0.506 e. The molecule has 0 radical (unpaired) electrons. The predicted molar refractivity (Wildman–Crippen MR) is 89.7 cm³/mol. The van der Waals surface area contributed by atoms with Gasteiger partial charge in [0.15, 0.2) is 5.82 Å². The summed E-state index contributed by atoms with van der Waals surface area (Å²) in [6.07, 6.45) is 5.10. The molecule has 0 saturated carbocycles. The first-order valence-corrected chi connectivity index (χ1v) is 9.62. The number of carbonyl (C=O) groups is 1. The molecule has 1 aromatic carbocycles. The van der Waals surface area contributed by atoms with Crippen LogP contribution in [0.3, 0.4) is 0 Å². The summed E-state index contributed by atoms with van der Waals surface area (Å²) in [7, 11) is -4.14. The van der Waals surface area contributed by atoms with E-state index in [1.807, 2.05) is 0 Å². The van der Waals surface area contributed by atoms with Crippen LogP contribution in [0.4, 0.5) is 10.1 Å². The van der Waals surface area contributed by atoms with Gasteiger partial charge in [0.1, 0.15) is 18.0 Å². The van der Waals surface area contributed by atoms with Gasteiger partial charge < -0.3 is 5.11 Å². The average molecular weight is 358 g/mol. The molecule has 1 heterocycles. The van der Waals surface area contributed by atoms with Crippen molar-refractivity contribution in [2.45, 2.75) is 52.4 Å². The Bertz CT molecular complexity index is 734. The summed E-state index contributed by atoms with van der Waals surface area (Å²) in [5.41, 5.74) is 0.714. The zero-order valence-electron chi connectivity index (χ0n) is 13.9. The quantitative estimate of drug-likeness (QED) is 0.755. The Morgan fingerprint density at radius 3 is 2.46 bits per heavy atom. The van der Waals surface area contributed by atoms with Crippen LogP contribution in [0.5, 0.6) is 5.75 Å². The van der Waals surface area contributed by atoms with E-state index in [1.54, 1.807) is 4.72 Å². The molecule has 1 amide bonds. The third-order valence-corrected chi connectivity index (χ3v) is 5.23. The second-order valence-corrected chi connectivity index (χ2v) is 7.60. The number of amides is 1. The van der Waals surface area contributed by atoms with E-state index in [0.29, 0.717) is 28.3 Å². The molecule has 1 aromatic rings. The van der Waals surface area contributed by atoms with Crippen LogP contribution in [0, 0.1) is 5.82 Å². The Hall–Kier alpha value is -1.83. The van der Waals surface area contributed by atoms with Crippen molar-refractivity contribution in [3.8, 4) is 5.75 Å². The second kappa shape index (κ2) is 7.38. The molecule has 0 unspecified atom stereocenters. The van der Waals surface area contributed by atoms with Crippen molar-refractivity contribution in [1.82, 2.24) is 4.72 Å². The monoisotopic (exact) mass is 358 g/mol. The van der Waals surface area contributed by atoms with Crippen LogP contribution in [-0.4, -0.2) is 26.0 Å². The van der Waals surface area contributed by atoms with Crippen molar-refractivity contribution in [2.75, 3.05) is 10.8 Å². The maximum absolute atomic E-state index is 14.7. The molecule has 0 atom stereocenters. The van der Waals surface area contributed by atoms with Crippen molar-refractivity contribution in [3.63, 3.8) is 0 Å². The number of nitrogens with zero attached hydrogens (tertiary/aromatic N) is 1. The number of carbonyl (C=O) groups excluding carboxylic acids is 1. The third kappa shape index (κ3) is 3.63. The molecule has 0 bridgehead atoms. The van der Waals surface area contributed by atoms with Gasteiger partial charge in [-0.15, -0.1) is 0 Å². The van der Waals surface area contributed by atoms with E-state index in [0.717, 1.165) is 19.3 Å². The van der Waals surface area contributed by atoms with Gasteiger partial charge in [-0.05, 0) is 42.9 Å². The number of phenols is 1. The molecule has 3 rings (SSSR count). The predicted octanol–water partition coefficient (Wildman–Crippen LogP) is 2.40. The highest BCUT2D eigenvalue weighted by molar-refractivity contribution is 7.92. The van der Waals surface area contributed by atoms with Crippen LogP contribution in [0.1, 0.15) is 50.7 Å². The third-order valence-electron chi connectivity index (χ3n) is 3.86. The number of phenolic OH excluding ortho intramolecular Hbond substituents is 1. The summed E-state index contributed by atoms with van der Waals surface area (Å²) in [5.74, 6) is -1.94. The number of aromatic hydroxyl groups is 1. The highest BCUT2D eigenvalue weighted by Gasteiger charge is 2.38. The van der Waals surface area contributed by atoms with Gasteiger partial charge in [-0.2, -0.15) is 8.42 Å². The smallest absolute Gasteiger partial charge is 0.326 e. The SMILES string of the molecule is CCC.O=C1CN(c2c(O)cc3c(c2F)CCCCC3)S(=O)(=O)N1. The molecule has 1 aliphatic carbocycles. The molecule has 2 aliphatic rings. The summed E-state index contributed by atoms with van der Waals surface area (Å²) in [5, 5.41) is 10.0. The minimum Gasteiger partial charge on any atom is -0.506 e. The zero-order valence-corrected chi connectivity index (χ0v) is 14.7. The molecule has 2 N–H and O–H groups in total. The molecule has 0 spiro atoms. The van der Waals surface area contributed by atoms with Gasteiger partial charge in [0.25, 0.3) is 5.91 Å². The van der Waals surface area contributed by atoms with E-state index in [9.17, 15) is 22.7 Å². The number of fused-ring (bicyclic) bond motifs is 1. The lowest BCUT2D eigenvalue weighted by Gasteiger charge is -2.20. The number of aryl methyl sites for hydroxylation is 1. The van der Waals surface area contributed by atoms with E-state index in [1.165, 1.54) is 12.5 Å². The van der Waals surface area contributed by atoms with E-state index in [-0.39, 0.29) is 0 Å². The molecule has 0 aromatic heterocycles. The van der Waals surface area contributed by atoms with Crippen molar-refractivity contribution >= 4 is 21.8 Å². The first-order chi connectivity index (χ1) is 11.3. The lowest BCUT2D eigenvalue weighted by Crippen LogP contribution is -2.30. The van der Waals surface area contributed by atoms with Gasteiger partial charge in [0.05, 0.1) is 0 Å². The zero-order chi connectivity index (χ0) is 17.9. The number of benzene rings is 1.